The highest BCUT2D eigenvalue weighted by atomic mass is 32.2. The van der Waals surface area contributed by atoms with Gasteiger partial charge in [-0.25, -0.2) is 13.2 Å². The van der Waals surface area contributed by atoms with Gasteiger partial charge in [0.15, 0.2) is 0 Å². The lowest BCUT2D eigenvalue weighted by Gasteiger charge is -2.30. The molecule has 0 spiro atoms. The summed E-state index contributed by atoms with van der Waals surface area (Å²) in [4.78, 5) is 13.9. The van der Waals surface area contributed by atoms with E-state index in [4.69, 9.17) is 0 Å². The average molecular weight is 311 g/mol. The Hall–Kier alpha value is -1.76. The molecule has 2 amide bonds. The molecule has 1 aromatic carbocycles. The summed E-state index contributed by atoms with van der Waals surface area (Å²) < 4.78 is 24.6. The van der Waals surface area contributed by atoms with E-state index in [1.807, 2.05) is 4.90 Å². The Morgan fingerprint density at radius 1 is 1.24 bits per heavy atom. The lowest BCUT2D eigenvalue weighted by atomic mass is 10.0. The van der Waals surface area contributed by atoms with Crippen molar-refractivity contribution >= 4 is 27.4 Å². The molecule has 0 aliphatic carbocycles. The number of nitrogens with zero attached hydrogens (tertiary/aromatic N) is 1. The second kappa shape index (κ2) is 6.34. The monoisotopic (exact) mass is 311 g/mol. The molecule has 1 unspecified atom stereocenters. The van der Waals surface area contributed by atoms with E-state index >= 15 is 0 Å². The fourth-order valence-corrected chi connectivity index (χ4v) is 2.98. The highest BCUT2D eigenvalue weighted by Gasteiger charge is 2.20. The molecule has 116 valence electrons. The van der Waals surface area contributed by atoms with E-state index in [0.717, 1.165) is 32.2 Å². The van der Waals surface area contributed by atoms with Crippen molar-refractivity contribution in [3.8, 4) is 0 Å². The number of urea groups is 1. The largest absolute Gasteiger partial charge is 0.324 e. The van der Waals surface area contributed by atoms with Crippen molar-refractivity contribution in [2.75, 3.05) is 29.4 Å². The third kappa shape index (κ3) is 4.93. The van der Waals surface area contributed by atoms with Gasteiger partial charge in [0, 0.05) is 24.5 Å². The first-order chi connectivity index (χ1) is 9.83. The van der Waals surface area contributed by atoms with Gasteiger partial charge in [-0.05, 0) is 43.0 Å². The van der Waals surface area contributed by atoms with Crippen LogP contribution in [-0.4, -0.2) is 38.7 Å². The number of amides is 2. The number of benzene rings is 1. The molecule has 21 heavy (non-hydrogen) atoms. The Morgan fingerprint density at radius 2 is 1.86 bits per heavy atom. The molecule has 0 radical (unpaired) electrons. The number of sulfonamides is 1. The highest BCUT2D eigenvalue weighted by molar-refractivity contribution is 7.92. The van der Waals surface area contributed by atoms with Crippen LogP contribution in [0.3, 0.4) is 0 Å². The molecule has 1 aromatic rings. The summed E-state index contributed by atoms with van der Waals surface area (Å²) >= 11 is 0. The predicted molar refractivity (Wildman–Crippen MR) is 83.9 cm³/mol. The quantitative estimate of drug-likeness (QED) is 0.899. The van der Waals surface area contributed by atoms with Crippen LogP contribution in [0.15, 0.2) is 24.3 Å². The highest BCUT2D eigenvalue weighted by Crippen LogP contribution is 2.18. The molecule has 0 saturated carbocycles. The molecule has 1 heterocycles. The number of carbonyl (C=O) groups excluding carboxylic acids is 1. The summed E-state index contributed by atoms with van der Waals surface area (Å²) in [5, 5.41) is 2.83. The lowest BCUT2D eigenvalue weighted by Crippen LogP contribution is -2.41. The van der Waals surface area contributed by atoms with E-state index in [9.17, 15) is 13.2 Å². The maximum absolute atomic E-state index is 12.1. The van der Waals surface area contributed by atoms with Crippen LogP contribution < -0.4 is 10.0 Å². The second-order valence-electron chi connectivity index (χ2n) is 5.58. The summed E-state index contributed by atoms with van der Waals surface area (Å²) in [6, 6.07) is 6.49. The average Bonchev–Trinajstić information content (AvgIpc) is 2.39. The Bertz CT molecular complexity index is 598. The first-order valence-corrected chi connectivity index (χ1v) is 8.86. The maximum Gasteiger partial charge on any atom is 0.321 e. The summed E-state index contributed by atoms with van der Waals surface area (Å²) in [6.07, 6.45) is 3.29. The molecule has 7 heteroatoms. The molecule has 1 saturated heterocycles. The number of carbonyl (C=O) groups is 1. The summed E-state index contributed by atoms with van der Waals surface area (Å²) in [6.45, 7) is 3.70. The van der Waals surface area contributed by atoms with E-state index in [1.165, 1.54) is 0 Å². The molecule has 0 bridgehead atoms. The Morgan fingerprint density at radius 3 is 2.43 bits per heavy atom. The van der Waals surface area contributed by atoms with Crippen molar-refractivity contribution < 1.29 is 13.2 Å². The zero-order valence-electron chi connectivity index (χ0n) is 12.3. The molecule has 1 fully saturated rings. The van der Waals surface area contributed by atoms with Crippen LogP contribution >= 0.6 is 0 Å². The van der Waals surface area contributed by atoms with E-state index in [-0.39, 0.29) is 6.03 Å². The Labute approximate surface area is 125 Å². The minimum atomic E-state index is -3.28. The van der Waals surface area contributed by atoms with Crippen molar-refractivity contribution in [2.45, 2.75) is 19.8 Å². The third-order valence-electron chi connectivity index (χ3n) is 3.38. The van der Waals surface area contributed by atoms with Crippen molar-refractivity contribution in [1.29, 1.82) is 0 Å². The molecule has 2 N–H and O–H groups in total. The Balaban J connectivity index is 1.95. The minimum Gasteiger partial charge on any atom is -0.324 e. The zero-order chi connectivity index (χ0) is 15.5. The molecule has 1 aliphatic heterocycles. The number of anilines is 2. The first kappa shape index (κ1) is 15.6. The van der Waals surface area contributed by atoms with Gasteiger partial charge in [0.1, 0.15) is 0 Å². The van der Waals surface area contributed by atoms with Crippen molar-refractivity contribution in [1.82, 2.24) is 4.90 Å². The van der Waals surface area contributed by atoms with E-state index in [2.05, 4.69) is 17.0 Å². The van der Waals surface area contributed by atoms with Gasteiger partial charge in [-0.15, -0.1) is 0 Å². The van der Waals surface area contributed by atoms with Crippen LogP contribution in [0.5, 0.6) is 0 Å². The van der Waals surface area contributed by atoms with Crippen LogP contribution in [-0.2, 0) is 10.0 Å². The lowest BCUT2D eigenvalue weighted by molar-refractivity contribution is 0.182. The number of likely N-dealkylation sites (tertiary alicyclic amines) is 1. The van der Waals surface area contributed by atoms with Gasteiger partial charge in [0.05, 0.1) is 6.26 Å². The normalized spacial score (nSPS) is 19.1. The topological polar surface area (TPSA) is 78.5 Å². The fourth-order valence-electron chi connectivity index (χ4n) is 2.41. The molecular formula is C14H21N3O3S. The van der Waals surface area contributed by atoms with Crippen molar-refractivity contribution in [3.05, 3.63) is 24.3 Å². The molecule has 0 aromatic heterocycles. The van der Waals surface area contributed by atoms with Gasteiger partial charge in [0.25, 0.3) is 0 Å². The number of piperidine rings is 1. The van der Waals surface area contributed by atoms with Gasteiger partial charge < -0.3 is 10.2 Å². The van der Waals surface area contributed by atoms with Gasteiger partial charge in [-0.1, -0.05) is 6.92 Å². The maximum atomic E-state index is 12.1. The van der Waals surface area contributed by atoms with Crippen LogP contribution in [0, 0.1) is 5.92 Å². The van der Waals surface area contributed by atoms with Crippen LogP contribution in [0.25, 0.3) is 0 Å². The van der Waals surface area contributed by atoms with Gasteiger partial charge in [-0.2, -0.15) is 0 Å². The number of hydrogen-bond acceptors (Lipinski definition) is 3. The predicted octanol–water partition coefficient (Wildman–Crippen LogP) is 2.32. The van der Waals surface area contributed by atoms with Gasteiger partial charge in [0.2, 0.25) is 10.0 Å². The molecule has 1 atom stereocenters. The van der Waals surface area contributed by atoms with E-state index in [0.29, 0.717) is 17.3 Å². The summed E-state index contributed by atoms with van der Waals surface area (Å²) in [7, 11) is -3.28. The number of nitrogens with one attached hydrogen (secondary N) is 2. The van der Waals surface area contributed by atoms with E-state index in [1.54, 1.807) is 24.3 Å². The molecule has 2 rings (SSSR count). The minimum absolute atomic E-state index is 0.106. The van der Waals surface area contributed by atoms with Crippen LogP contribution in [0.2, 0.25) is 0 Å². The van der Waals surface area contributed by atoms with Crippen molar-refractivity contribution in [2.24, 2.45) is 5.92 Å². The SMILES string of the molecule is CC1CCCN(C(=O)Nc2ccc(NS(C)(=O)=O)cc2)C1. The van der Waals surface area contributed by atoms with E-state index < -0.39 is 10.0 Å². The smallest absolute Gasteiger partial charge is 0.321 e. The standard InChI is InChI=1S/C14H21N3O3S/c1-11-4-3-9-17(10-11)14(18)15-12-5-7-13(8-6-12)16-21(2,19)20/h5-8,11,16H,3-4,9-10H2,1-2H3,(H,15,18). The molecule has 1 aliphatic rings. The van der Waals surface area contributed by atoms with Crippen molar-refractivity contribution in [3.63, 3.8) is 0 Å². The molecular weight excluding hydrogens is 290 g/mol. The first-order valence-electron chi connectivity index (χ1n) is 6.97. The fraction of sp³-hybridized carbons (Fsp3) is 0.500. The van der Waals surface area contributed by atoms with Crippen LogP contribution in [0.1, 0.15) is 19.8 Å². The number of rotatable bonds is 3. The van der Waals surface area contributed by atoms with Gasteiger partial charge >= 0.3 is 6.03 Å². The number of hydrogen-bond donors (Lipinski definition) is 2. The molecule has 6 nitrogen and oxygen atoms in total. The summed E-state index contributed by atoms with van der Waals surface area (Å²) in [5.74, 6) is 0.533. The van der Waals surface area contributed by atoms with Crippen LogP contribution in [0.4, 0.5) is 16.2 Å². The third-order valence-corrected chi connectivity index (χ3v) is 3.99. The Kier molecular flexibility index (Phi) is 4.72. The zero-order valence-corrected chi connectivity index (χ0v) is 13.1. The van der Waals surface area contributed by atoms with Gasteiger partial charge in [-0.3, -0.25) is 4.72 Å². The summed E-state index contributed by atoms with van der Waals surface area (Å²) in [5.41, 5.74) is 1.12. The second-order valence-corrected chi connectivity index (χ2v) is 7.32.